The van der Waals surface area contributed by atoms with E-state index in [-0.39, 0.29) is 28.0 Å². The van der Waals surface area contributed by atoms with Crippen LogP contribution in [0.15, 0.2) is 48.2 Å². The Morgan fingerprint density at radius 3 is 2.75 bits per heavy atom. The molecule has 0 aliphatic carbocycles. The fourth-order valence-electron chi connectivity index (χ4n) is 2.34. The van der Waals surface area contributed by atoms with Crippen molar-refractivity contribution in [2.75, 3.05) is 12.0 Å². The van der Waals surface area contributed by atoms with Gasteiger partial charge in [-0.25, -0.2) is 9.29 Å². The number of nitrogens with one attached hydrogen (secondary N) is 1. The van der Waals surface area contributed by atoms with E-state index in [1.54, 1.807) is 24.3 Å². The molecule has 0 unspecified atom stereocenters. The maximum absolute atomic E-state index is 13.9. The Balaban J connectivity index is 1.96. The molecule has 122 valence electrons. The van der Waals surface area contributed by atoms with Gasteiger partial charge in [0.05, 0.1) is 12.8 Å². The Morgan fingerprint density at radius 1 is 1.29 bits per heavy atom. The number of hydrogen-bond donors (Lipinski definition) is 2. The first-order valence-electron chi connectivity index (χ1n) is 7.00. The van der Waals surface area contributed by atoms with Crippen LogP contribution < -0.4 is 15.0 Å². The highest BCUT2D eigenvalue weighted by atomic mass is 32.1. The minimum absolute atomic E-state index is 0.00568. The van der Waals surface area contributed by atoms with E-state index in [1.165, 1.54) is 31.4 Å². The first-order chi connectivity index (χ1) is 11.5. The maximum Gasteiger partial charge on any atom is 0.281 e. The molecule has 1 aliphatic heterocycles. The van der Waals surface area contributed by atoms with Crippen molar-refractivity contribution in [2.24, 2.45) is 0 Å². The lowest BCUT2D eigenvalue weighted by Crippen LogP contribution is -2.31. The molecule has 1 amide bonds. The summed E-state index contributed by atoms with van der Waals surface area (Å²) in [5.74, 6) is -0.725. The fraction of sp³-hybridized carbons (Fsp3) is 0.0588. The van der Waals surface area contributed by atoms with E-state index in [1.807, 2.05) is 0 Å². The van der Waals surface area contributed by atoms with Gasteiger partial charge in [-0.05, 0) is 48.1 Å². The van der Waals surface area contributed by atoms with Crippen LogP contribution in [0.25, 0.3) is 6.08 Å². The molecule has 0 spiro atoms. The van der Waals surface area contributed by atoms with Gasteiger partial charge in [0.2, 0.25) is 0 Å². The first kappa shape index (κ1) is 15.9. The number of ether oxygens (including phenoxy) is 1. The summed E-state index contributed by atoms with van der Waals surface area (Å²) in [6, 6.07) is 10.6. The molecule has 1 saturated heterocycles. The van der Waals surface area contributed by atoms with Gasteiger partial charge in [-0.2, -0.15) is 0 Å². The lowest BCUT2D eigenvalue weighted by Gasteiger charge is -2.14. The van der Waals surface area contributed by atoms with Gasteiger partial charge < -0.3 is 15.2 Å². The SMILES string of the molecule is COc1cc(/C=C2\NC(=S)N(c3ccccc3F)C2=O)ccc1O. The topological polar surface area (TPSA) is 61.8 Å². The normalized spacial score (nSPS) is 15.8. The van der Waals surface area contributed by atoms with Gasteiger partial charge in [-0.3, -0.25) is 4.79 Å². The number of para-hydroxylation sites is 1. The van der Waals surface area contributed by atoms with Crippen LogP contribution in [0.3, 0.4) is 0 Å². The Hall–Kier alpha value is -2.93. The Morgan fingerprint density at radius 2 is 2.04 bits per heavy atom. The number of aromatic hydroxyl groups is 1. The Bertz CT molecular complexity index is 867. The molecule has 1 aliphatic rings. The van der Waals surface area contributed by atoms with E-state index < -0.39 is 11.7 Å². The third kappa shape index (κ3) is 2.81. The Kier molecular flexibility index (Phi) is 4.18. The van der Waals surface area contributed by atoms with E-state index in [9.17, 15) is 14.3 Å². The van der Waals surface area contributed by atoms with Crippen molar-refractivity contribution >= 4 is 35.0 Å². The predicted octanol–water partition coefficient (Wildman–Crippen LogP) is 2.80. The summed E-state index contributed by atoms with van der Waals surface area (Å²) >= 11 is 5.14. The number of halogens is 1. The highest BCUT2D eigenvalue weighted by Gasteiger charge is 2.33. The minimum Gasteiger partial charge on any atom is -0.504 e. The maximum atomic E-state index is 13.9. The summed E-state index contributed by atoms with van der Waals surface area (Å²) in [5, 5.41) is 12.5. The molecule has 0 radical (unpaired) electrons. The summed E-state index contributed by atoms with van der Waals surface area (Å²) < 4.78 is 19.0. The van der Waals surface area contributed by atoms with Gasteiger partial charge in [-0.1, -0.05) is 18.2 Å². The van der Waals surface area contributed by atoms with Gasteiger partial charge in [0.15, 0.2) is 16.6 Å². The largest absolute Gasteiger partial charge is 0.504 e. The molecular weight excluding hydrogens is 331 g/mol. The monoisotopic (exact) mass is 344 g/mol. The summed E-state index contributed by atoms with van der Waals surface area (Å²) in [4.78, 5) is 13.7. The molecule has 1 heterocycles. The summed E-state index contributed by atoms with van der Waals surface area (Å²) in [6.45, 7) is 0. The second-order valence-electron chi connectivity index (χ2n) is 5.01. The molecular formula is C17H13FN2O3S. The van der Waals surface area contributed by atoms with Crippen LogP contribution in [0, 0.1) is 5.82 Å². The van der Waals surface area contributed by atoms with Crippen molar-refractivity contribution in [1.29, 1.82) is 0 Å². The number of thiocarbonyl (C=S) groups is 1. The van der Waals surface area contributed by atoms with Crippen LogP contribution in [-0.4, -0.2) is 23.2 Å². The number of phenolic OH excluding ortho intramolecular Hbond substituents is 1. The highest BCUT2D eigenvalue weighted by molar-refractivity contribution is 7.80. The average Bonchev–Trinajstić information content (AvgIpc) is 2.84. The second kappa shape index (κ2) is 6.29. The van der Waals surface area contributed by atoms with Gasteiger partial charge in [0.1, 0.15) is 11.5 Å². The summed E-state index contributed by atoms with van der Waals surface area (Å²) in [6.07, 6.45) is 1.55. The number of rotatable bonds is 3. The molecule has 24 heavy (non-hydrogen) atoms. The van der Waals surface area contributed by atoms with Gasteiger partial charge in [-0.15, -0.1) is 0 Å². The van der Waals surface area contributed by atoms with Crippen molar-refractivity contribution in [3.63, 3.8) is 0 Å². The van der Waals surface area contributed by atoms with Crippen LogP contribution in [-0.2, 0) is 4.79 Å². The lowest BCUT2D eigenvalue weighted by molar-refractivity contribution is -0.113. The van der Waals surface area contributed by atoms with Crippen LogP contribution >= 0.6 is 12.2 Å². The van der Waals surface area contributed by atoms with Crippen LogP contribution in [0.4, 0.5) is 10.1 Å². The molecule has 0 aromatic heterocycles. The quantitative estimate of drug-likeness (QED) is 0.662. The number of anilines is 1. The number of hydrogen-bond acceptors (Lipinski definition) is 4. The number of nitrogens with zero attached hydrogens (tertiary/aromatic N) is 1. The third-order valence-electron chi connectivity index (χ3n) is 3.49. The Labute approximate surface area is 143 Å². The fourth-order valence-corrected chi connectivity index (χ4v) is 2.63. The first-order valence-corrected chi connectivity index (χ1v) is 7.41. The molecule has 7 heteroatoms. The third-order valence-corrected chi connectivity index (χ3v) is 3.77. The lowest BCUT2D eigenvalue weighted by atomic mass is 10.1. The number of methoxy groups -OCH3 is 1. The summed E-state index contributed by atoms with van der Waals surface area (Å²) in [5.41, 5.74) is 0.918. The van der Waals surface area contributed by atoms with E-state index in [0.717, 1.165) is 4.90 Å². The number of phenols is 1. The molecule has 2 N–H and O–H groups in total. The van der Waals surface area contributed by atoms with Crippen LogP contribution in [0.5, 0.6) is 11.5 Å². The number of benzene rings is 2. The summed E-state index contributed by atoms with van der Waals surface area (Å²) in [7, 11) is 1.43. The molecule has 2 aromatic rings. The van der Waals surface area contributed by atoms with E-state index >= 15 is 0 Å². The number of carbonyl (C=O) groups is 1. The van der Waals surface area contributed by atoms with Crippen molar-refractivity contribution in [1.82, 2.24) is 5.32 Å². The van der Waals surface area contributed by atoms with Crippen molar-refractivity contribution < 1.29 is 19.0 Å². The van der Waals surface area contributed by atoms with Gasteiger partial charge >= 0.3 is 0 Å². The average molecular weight is 344 g/mol. The molecule has 0 bridgehead atoms. The highest BCUT2D eigenvalue weighted by Crippen LogP contribution is 2.29. The van der Waals surface area contributed by atoms with Crippen molar-refractivity contribution in [3.05, 3.63) is 59.5 Å². The predicted molar refractivity (Wildman–Crippen MR) is 92.3 cm³/mol. The second-order valence-corrected chi connectivity index (χ2v) is 5.40. The van der Waals surface area contributed by atoms with Crippen LogP contribution in [0.2, 0.25) is 0 Å². The zero-order valence-corrected chi connectivity index (χ0v) is 13.4. The van der Waals surface area contributed by atoms with Gasteiger partial charge in [0, 0.05) is 0 Å². The zero-order valence-electron chi connectivity index (χ0n) is 12.6. The molecule has 0 atom stereocenters. The minimum atomic E-state index is -0.539. The number of amides is 1. The molecule has 3 rings (SSSR count). The zero-order chi connectivity index (χ0) is 17.3. The molecule has 1 fully saturated rings. The van der Waals surface area contributed by atoms with E-state index in [2.05, 4.69) is 5.32 Å². The van der Waals surface area contributed by atoms with Gasteiger partial charge in [0.25, 0.3) is 5.91 Å². The number of carbonyl (C=O) groups excluding carboxylic acids is 1. The van der Waals surface area contributed by atoms with Crippen molar-refractivity contribution in [3.8, 4) is 11.5 Å². The van der Waals surface area contributed by atoms with E-state index in [0.29, 0.717) is 5.56 Å². The standard InChI is InChI=1S/C17H13FN2O3S/c1-23-15-9-10(6-7-14(15)21)8-12-16(22)20(17(24)19-12)13-5-3-2-4-11(13)18/h2-9,21H,1H3,(H,19,24)/b12-8-. The van der Waals surface area contributed by atoms with E-state index in [4.69, 9.17) is 17.0 Å². The van der Waals surface area contributed by atoms with Crippen molar-refractivity contribution in [2.45, 2.75) is 0 Å². The molecule has 2 aromatic carbocycles. The van der Waals surface area contributed by atoms with Crippen LogP contribution in [0.1, 0.15) is 5.56 Å². The molecule has 0 saturated carbocycles. The smallest absolute Gasteiger partial charge is 0.281 e. The molecule has 5 nitrogen and oxygen atoms in total.